The molecule has 1 aliphatic rings. The van der Waals surface area contributed by atoms with Crippen LogP contribution in [0.5, 0.6) is 11.5 Å². The van der Waals surface area contributed by atoms with Crippen molar-refractivity contribution in [1.29, 1.82) is 0 Å². The topological polar surface area (TPSA) is 85.7 Å². The molecule has 1 aromatic heterocycles. The summed E-state index contributed by atoms with van der Waals surface area (Å²) in [5, 5.41) is 7.18. The molecule has 0 spiro atoms. The van der Waals surface area contributed by atoms with E-state index in [1.807, 2.05) is 61.5 Å². The molecule has 1 N–H and O–H groups in total. The van der Waals surface area contributed by atoms with Crippen molar-refractivity contribution in [3.05, 3.63) is 72.6 Å². The van der Waals surface area contributed by atoms with Crippen molar-refractivity contribution in [2.75, 3.05) is 25.5 Å². The van der Waals surface area contributed by atoms with Gasteiger partial charge in [-0.15, -0.1) is 0 Å². The fourth-order valence-corrected chi connectivity index (χ4v) is 4.21. The fraction of sp³-hybridized carbons (Fsp3) is 0.393. The number of aryl methyl sites for hydroxylation is 1. The number of aromatic nitrogens is 2. The Kier molecular flexibility index (Phi) is 8.60. The minimum atomic E-state index is -0.0831. The Morgan fingerprint density at radius 1 is 1.03 bits per heavy atom. The monoisotopic (exact) mass is 490 g/mol. The number of carbonyl (C=O) groups is 2. The van der Waals surface area contributed by atoms with Gasteiger partial charge in [-0.1, -0.05) is 35.9 Å². The molecule has 8 nitrogen and oxygen atoms in total. The van der Waals surface area contributed by atoms with Crippen molar-refractivity contribution >= 4 is 17.5 Å². The first kappa shape index (κ1) is 25.3. The fourth-order valence-electron chi connectivity index (χ4n) is 4.21. The van der Waals surface area contributed by atoms with Gasteiger partial charge in [0.15, 0.2) is 0 Å². The van der Waals surface area contributed by atoms with Crippen LogP contribution in [0.25, 0.3) is 0 Å². The van der Waals surface area contributed by atoms with Gasteiger partial charge in [-0.2, -0.15) is 5.10 Å². The molecule has 1 heterocycles. The Balaban J connectivity index is 1.17. The molecule has 4 rings (SSSR count). The third-order valence-corrected chi connectivity index (χ3v) is 6.43. The molecule has 3 aromatic rings. The van der Waals surface area contributed by atoms with E-state index in [4.69, 9.17) is 9.47 Å². The van der Waals surface area contributed by atoms with E-state index >= 15 is 0 Å². The predicted octanol–water partition coefficient (Wildman–Crippen LogP) is 4.31. The highest BCUT2D eigenvalue weighted by atomic mass is 16.5. The first-order valence-electron chi connectivity index (χ1n) is 12.4. The number of benzene rings is 2. The Hall–Kier alpha value is -3.81. The minimum absolute atomic E-state index is 0.00981. The van der Waals surface area contributed by atoms with E-state index < -0.39 is 0 Å². The lowest BCUT2D eigenvalue weighted by atomic mass is 9.86. The minimum Gasteiger partial charge on any atom is -0.492 e. The molecule has 0 unspecified atom stereocenters. The molecule has 0 bridgehead atoms. The highest BCUT2D eigenvalue weighted by Crippen LogP contribution is 2.28. The van der Waals surface area contributed by atoms with Gasteiger partial charge in [0, 0.05) is 19.2 Å². The molecule has 2 aromatic carbocycles. The van der Waals surface area contributed by atoms with Gasteiger partial charge >= 0.3 is 0 Å². The summed E-state index contributed by atoms with van der Waals surface area (Å²) in [4.78, 5) is 26.9. The quantitative estimate of drug-likeness (QED) is 0.458. The van der Waals surface area contributed by atoms with Gasteiger partial charge in [0.05, 0.1) is 24.5 Å². The van der Waals surface area contributed by atoms with Crippen LogP contribution in [-0.4, -0.2) is 52.8 Å². The van der Waals surface area contributed by atoms with E-state index in [1.165, 1.54) is 5.56 Å². The van der Waals surface area contributed by atoms with E-state index in [2.05, 4.69) is 10.4 Å². The number of nitrogens with one attached hydrogen (secondary N) is 1. The maximum Gasteiger partial charge on any atom is 0.244 e. The maximum absolute atomic E-state index is 12.7. The number of likely N-dealkylation sites (N-methyl/N-ethyl adjacent to an activating group) is 1. The van der Waals surface area contributed by atoms with Gasteiger partial charge < -0.3 is 19.7 Å². The van der Waals surface area contributed by atoms with Crippen LogP contribution < -0.4 is 14.8 Å². The number of carbonyl (C=O) groups excluding carboxylic acids is 2. The van der Waals surface area contributed by atoms with Crippen LogP contribution in [0.4, 0.5) is 5.69 Å². The van der Waals surface area contributed by atoms with E-state index in [-0.39, 0.29) is 30.4 Å². The van der Waals surface area contributed by atoms with E-state index in [9.17, 15) is 9.59 Å². The van der Waals surface area contributed by atoms with Gasteiger partial charge in [-0.05, 0) is 56.9 Å². The molecule has 0 aliphatic heterocycles. The summed E-state index contributed by atoms with van der Waals surface area (Å²) in [6.45, 7) is 2.99. The summed E-state index contributed by atoms with van der Waals surface area (Å²) in [6, 6.07) is 17.6. The van der Waals surface area contributed by atoms with Crippen LogP contribution in [0, 0.1) is 12.8 Å². The van der Waals surface area contributed by atoms with Crippen molar-refractivity contribution < 1.29 is 19.1 Å². The van der Waals surface area contributed by atoms with Crippen LogP contribution in [0.2, 0.25) is 0 Å². The predicted molar refractivity (Wildman–Crippen MR) is 138 cm³/mol. The summed E-state index contributed by atoms with van der Waals surface area (Å²) in [6.07, 6.45) is 6.68. The highest BCUT2D eigenvalue weighted by Gasteiger charge is 2.27. The summed E-state index contributed by atoms with van der Waals surface area (Å²) in [5.74, 6) is 1.51. The molecule has 1 saturated carbocycles. The van der Waals surface area contributed by atoms with Gasteiger partial charge in [0.1, 0.15) is 24.7 Å². The lowest BCUT2D eigenvalue weighted by Gasteiger charge is -2.28. The molecule has 8 heteroatoms. The van der Waals surface area contributed by atoms with Gasteiger partial charge in [-0.25, -0.2) is 0 Å². The Morgan fingerprint density at radius 2 is 1.75 bits per heavy atom. The van der Waals surface area contributed by atoms with Gasteiger partial charge in [-0.3, -0.25) is 14.3 Å². The zero-order chi connectivity index (χ0) is 25.3. The summed E-state index contributed by atoms with van der Waals surface area (Å²) < 4.78 is 13.3. The van der Waals surface area contributed by atoms with Crippen LogP contribution in [0.1, 0.15) is 31.2 Å². The second-order valence-corrected chi connectivity index (χ2v) is 9.30. The first-order valence-corrected chi connectivity index (χ1v) is 12.4. The third-order valence-electron chi connectivity index (χ3n) is 6.43. The largest absolute Gasteiger partial charge is 0.492 e. The zero-order valence-electron chi connectivity index (χ0n) is 20.9. The van der Waals surface area contributed by atoms with Crippen LogP contribution in [0.3, 0.4) is 0 Å². The summed E-state index contributed by atoms with van der Waals surface area (Å²) >= 11 is 0. The van der Waals surface area contributed by atoms with E-state index in [0.29, 0.717) is 18.8 Å². The smallest absolute Gasteiger partial charge is 0.244 e. The molecule has 1 aliphatic carbocycles. The number of nitrogens with zero attached hydrogens (tertiary/aromatic N) is 3. The van der Waals surface area contributed by atoms with Crippen LogP contribution in [0.15, 0.2) is 67.0 Å². The third kappa shape index (κ3) is 7.34. The number of hydrogen-bond acceptors (Lipinski definition) is 5. The van der Waals surface area contributed by atoms with Crippen LogP contribution in [-0.2, 0) is 16.1 Å². The van der Waals surface area contributed by atoms with Crippen molar-refractivity contribution in [3.8, 4) is 11.5 Å². The number of para-hydroxylation sites is 1. The highest BCUT2D eigenvalue weighted by molar-refractivity contribution is 5.92. The molecule has 190 valence electrons. The SMILES string of the molecule is Cc1ccc(OCCN(C)C(=O)Cn2cc(NC(=O)[C@H]3CC[C@@H](Oc4ccccc4)CC3)cn2)cc1. The molecular formula is C28H34N4O4. The second kappa shape index (κ2) is 12.2. The molecule has 1 fully saturated rings. The summed E-state index contributed by atoms with van der Waals surface area (Å²) in [5.41, 5.74) is 1.77. The van der Waals surface area contributed by atoms with Crippen molar-refractivity contribution in [2.45, 2.75) is 45.3 Å². The average molecular weight is 491 g/mol. The normalized spacial score (nSPS) is 17.3. The number of ether oxygens (including phenoxy) is 2. The first-order chi connectivity index (χ1) is 17.5. The van der Waals surface area contributed by atoms with Crippen molar-refractivity contribution in [3.63, 3.8) is 0 Å². The van der Waals surface area contributed by atoms with Crippen molar-refractivity contribution in [1.82, 2.24) is 14.7 Å². The van der Waals surface area contributed by atoms with Gasteiger partial charge in [0.25, 0.3) is 0 Å². The van der Waals surface area contributed by atoms with E-state index in [1.54, 1.807) is 29.0 Å². The van der Waals surface area contributed by atoms with Crippen molar-refractivity contribution in [2.24, 2.45) is 5.92 Å². The molecule has 0 saturated heterocycles. The molecule has 0 radical (unpaired) electrons. The molecule has 36 heavy (non-hydrogen) atoms. The van der Waals surface area contributed by atoms with E-state index in [0.717, 1.165) is 37.2 Å². The number of anilines is 1. The number of rotatable bonds is 10. The zero-order valence-corrected chi connectivity index (χ0v) is 20.9. The molecule has 2 amide bonds. The molecular weight excluding hydrogens is 456 g/mol. The second-order valence-electron chi connectivity index (χ2n) is 9.30. The number of hydrogen-bond donors (Lipinski definition) is 1. The van der Waals surface area contributed by atoms with Gasteiger partial charge in [0.2, 0.25) is 11.8 Å². The standard InChI is InChI=1S/C28H34N4O4/c1-21-8-12-24(13-9-21)35-17-16-31(2)27(33)20-32-19-23(18-29-32)30-28(34)22-10-14-26(15-11-22)36-25-6-4-3-5-7-25/h3-9,12-13,18-19,22,26H,10-11,14-17,20H2,1-2H3,(H,30,34)/t22-,26+. The lowest BCUT2D eigenvalue weighted by Crippen LogP contribution is -2.33. The number of amides is 2. The average Bonchev–Trinajstić information content (AvgIpc) is 3.32. The summed E-state index contributed by atoms with van der Waals surface area (Å²) in [7, 11) is 1.74. The molecule has 0 atom stereocenters. The lowest BCUT2D eigenvalue weighted by molar-refractivity contribution is -0.131. The van der Waals surface area contributed by atoms with Crippen LogP contribution >= 0.6 is 0 Å². The Labute approximate surface area is 212 Å². The Bertz CT molecular complexity index is 1120. The maximum atomic E-state index is 12.7. The Morgan fingerprint density at radius 3 is 2.47 bits per heavy atom.